The van der Waals surface area contributed by atoms with Gasteiger partial charge in [-0.25, -0.2) is 9.78 Å². The van der Waals surface area contributed by atoms with E-state index >= 15 is 0 Å². The molecule has 21 heavy (non-hydrogen) atoms. The van der Waals surface area contributed by atoms with Gasteiger partial charge in [0.15, 0.2) is 0 Å². The second-order valence-electron chi connectivity index (χ2n) is 4.90. The quantitative estimate of drug-likeness (QED) is 0.769. The molecule has 1 fully saturated rings. The summed E-state index contributed by atoms with van der Waals surface area (Å²) in [6.07, 6.45) is 3.59. The van der Waals surface area contributed by atoms with Crippen molar-refractivity contribution in [3.63, 3.8) is 0 Å². The van der Waals surface area contributed by atoms with E-state index < -0.39 is 17.9 Å². The van der Waals surface area contributed by atoms with Crippen LogP contribution in [-0.2, 0) is 4.79 Å². The molecule has 2 unspecified atom stereocenters. The second-order valence-corrected chi connectivity index (χ2v) is 4.90. The maximum Gasteiger partial charge on any atom is 0.319 e. The predicted molar refractivity (Wildman–Crippen MR) is 76.3 cm³/mol. The van der Waals surface area contributed by atoms with Gasteiger partial charge in [-0.2, -0.15) is 0 Å². The number of nitrogens with zero attached hydrogens (tertiary/aromatic N) is 1. The lowest BCUT2D eigenvalue weighted by Gasteiger charge is -2.17. The molecule has 1 aromatic rings. The summed E-state index contributed by atoms with van der Waals surface area (Å²) >= 11 is 0. The molecule has 3 N–H and O–H groups in total. The molecule has 114 valence electrons. The molecule has 1 aliphatic carbocycles. The minimum absolute atomic E-state index is 0.321. The van der Waals surface area contributed by atoms with Crippen LogP contribution in [-0.4, -0.2) is 34.7 Å². The van der Waals surface area contributed by atoms with Crippen molar-refractivity contribution in [1.82, 2.24) is 10.3 Å². The molecular formula is C14H19N3O4. The number of aliphatic carboxylic acids is 1. The zero-order chi connectivity index (χ0) is 15.2. The summed E-state index contributed by atoms with van der Waals surface area (Å²) in [4.78, 5) is 27.0. The van der Waals surface area contributed by atoms with Crippen molar-refractivity contribution in [3.05, 3.63) is 18.3 Å². The lowest BCUT2D eigenvalue weighted by molar-refractivity contribution is -0.142. The Morgan fingerprint density at radius 1 is 1.43 bits per heavy atom. The standard InChI is InChI=1S/C14H19N3O4/c1-2-21-12-7-6-9(8-15-12)16-14(20)17-11-5-3-4-10(11)13(18)19/h6-8,10-11H,2-5H2,1H3,(H,18,19)(H2,16,17,20). The smallest absolute Gasteiger partial charge is 0.319 e. The fraction of sp³-hybridized carbons (Fsp3) is 0.500. The number of urea groups is 1. The fourth-order valence-electron chi connectivity index (χ4n) is 2.45. The van der Waals surface area contributed by atoms with Crippen LogP contribution in [0.4, 0.5) is 10.5 Å². The average Bonchev–Trinajstić information content (AvgIpc) is 2.89. The summed E-state index contributed by atoms with van der Waals surface area (Å²) in [6.45, 7) is 2.39. The Morgan fingerprint density at radius 3 is 2.86 bits per heavy atom. The number of carbonyl (C=O) groups excluding carboxylic acids is 1. The van der Waals surface area contributed by atoms with Crippen LogP contribution < -0.4 is 15.4 Å². The van der Waals surface area contributed by atoms with Crippen LogP contribution in [0.1, 0.15) is 26.2 Å². The van der Waals surface area contributed by atoms with Crippen LogP contribution in [0.3, 0.4) is 0 Å². The maximum absolute atomic E-state index is 11.9. The van der Waals surface area contributed by atoms with E-state index in [1.54, 1.807) is 12.1 Å². The number of amides is 2. The molecule has 7 heteroatoms. The largest absolute Gasteiger partial charge is 0.481 e. The van der Waals surface area contributed by atoms with Gasteiger partial charge in [0.25, 0.3) is 0 Å². The third-order valence-electron chi connectivity index (χ3n) is 3.44. The lowest BCUT2D eigenvalue weighted by Crippen LogP contribution is -2.42. The minimum Gasteiger partial charge on any atom is -0.481 e. The van der Waals surface area contributed by atoms with Crippen molar-refractivity contribution in [2.24, 2.45) is 5.92 Å². The molecule has 0 saturated heterocycles. The lowest BCUT2D eigenvalue weighted by atomic mass is 10.0. The maximum atomic E-state index is 11.9. The Hall–Kier alpha value is -2.31. The Labute approximate surface area is 122 Å². The van der Waals surface area contributed by atoms with Crippen LogP contribution in [0.5, 0.6) is 5.88 Å². The van der Waals surface area contributed by atoms with Crippen molar-refractivity contribution >= 4 is 17.7 Å². The van der Waals surface area contributed by atoms with Gasteiger partial charge in [0.2, 0.25) is 5.88 Å². The van der Waals surface area contributed by atoms with Crippen molar-refractivity contribution in [2.45, 2.75) is 32.2 Å². The number of carbonyl (C=O) groups is 2. The molecule has 0 spiro atoms. The Morgan fingerprint density at radius 2 is 2.24 bits per heavy atom. The molecule has 0 radical (unpaired) electrons. The van der Waals surface area contributed by atoms with E-state index in [-0.39, 0.29) is 6.04 Å². The van der Waals surface area contributed by atoms with Crippen molar-refractivity contribution in [2.75, 3.05) is 11.9 Å². The zero-order valence-electron chi connectivity index (χ0n) is 11.8. The normalized spacial score (nSPS) is 20.8. The van der Waals surface area contributed by atoms with Crippen molar-refractivity contribution in [1.29, 1.82) is 0 Å². The number of pyridine rings is 1. The van der Waals surface area contributed by atoms with Crippen LogP contribution in [0.15, 0.2) is 18.3 Å². The highest BCUT2D eigenvalue weighted by Gasteiger charge is 2.33. The van der Waals surface area contributed by atoms with E-state index in [1.165, 1.54) is 6.20 Å². The number of carboxylic acid groups (broad SMARTS) is 1. The highest BCUT2D eigenvalue weighted by atomic mass is 16.5. The topological polar surface area (TPSA) is 101 Å². The van der Waals surface area contributed by atoms with Crippen LogP contribution in [0.2, 0.25) is 0 Å². The Bertz CT molecular complexity index is 503. The van der Waals surface area contributed by atoms with Gasteiger partial charge in [-0.1, -0.05) is 6.42 Å². The Kier molecular flexibility index (Phi) is 4.97. The van der Waals surface area contributed by atoms with E-state index in [2.05, 4.69) is 15.6 Å². The first-order valence-electron chi connectivity index (χ1n) is 6.99. The van der Waals surface area contributed by atoms with Crippen LogP contribution >= 0.6 is 0 Å². The van der Waals surface area contributed by atoms with Gasteiger partial charge < -0.3 is 20.5 Å². The third-order valence-corrected chi connectivity index (χ3v) is 3.44. The van der Waals surface area contributed by atoms with Gasteiger partial charge in [-0.15, -0.1) is 0 Å². The summed E-state index contributed by atoms with van der Waals surface area (Å²) in [5.74, 6) is -0.875. The zero-order valence-corrected chi connectivity index (χ0v) is 11.8. The van der Waals surface area contributed by atoms with Gasteiger partial charge in [0.05, 0.1) is 24.4 Å². The molecule has 2 rings (SSSR count). The second kappa shape index (κ2) is 6.92. The van der Waals surface area contributed by atoms with Crippen molar-refractivity contribution in [3.8, 4) is 5.88 Å². The summed E-state index contributed by atoms with van der Waals surface area (Å²) in [7, 11) is 0. The molecule has 2 atom stereocenters. The first kappa shape index (κ1) is 15.1. The van der Waals surface area contributed by atoms with Crippen LogP contribution in [0.25, 0.3) is 0 Å². The van der Waals surface area contributed by atoms with E-state index in [0.29, 0.717) is 31.0 Å². The number of rotatable bonds is 5. The molecule has 1 saturated carbocycles. The first-order valence-corrected chi connectivity index (χ1v) is 6.99. The average molecular weight is 293 g/mol. The molecule has 2 amide bonds. The van der Waals surface area contributed by atoms with Gasteiger partial charge in [-0.3, -0.25) is 4.79 Å². The molecule has 1 aromatic heterocycles. The highest BCUT2D eigenvalue weighted by Crippen LogP contribution is 2.25. The molecule has 1 aliphatic rings. The molecule has 0 aliphatic heterocycles. The SMILES string of the molecule is CCOc1ccc(NC(=O)NC2CCCC2C(=O)O)cn1. The number of hydrogen-bond donors (Lipinski definition) is 3. The third kappa shape index (κ3) is 4.08. The van der Waals surface area contributed by atoms with Gasteiger partial charge in [0.1, 0.15) is 0 Å². The van der Waals surface area contributed by atoms with E-state index in [0.717, 1.165) is 6.42 Å². The minimum atomic E-state index is -0.861. The monoisotopic (exact) mass is 293 g/mol. The fourth-order valence-corrected chi connectivity index (χ4v) is 2.45. The summed E-state index contributed by atoms with van der Waals surface area (Å²) in [6, 6.07) is 2.60. The van der Waals surface area contributed by atoms with E-state index in [4.69, 9.17) is 9.84 Å². The molecule has 7 nitrogen and oxygen atoms in total. The number of anilines is 1. The van der Waals surface area contributed by atoms with Crippen LogP contribution in [0, 0.1) is 5.92 Å². The number of aromatic nitrogens is 1. The Balaban J connectivity index is 1.88. The predicted octanol–water partition coefficient (Wildman–Crippen LogP) is 1.86. The summed E-state index contributed by atoms with van der Waals surface area (Å²) in [5.41, 5.74) is 0.529. The number of hydrogen-bond acceptors (Lipinski definition) is 4. The molecule has 0 aromatic carbocycles. The summed E-state index contributed by atoms with van der Waals surface area (Å²) < 4.78 is 5.21. The molecule has 0 bridgehead atoms. The molecule has 1 heterocycles. The van der Waals surface area contributed by atoms with Gasteiger partial charge in [-0.05, 0) is 25.8 Å². The number of carboxylic acids is 1. The highest BCUT2D eigenvalue weighted by molar-refractivity contribution is 5.89. The van der Waals surface area contributed by atoms with Gasteiger partial charge >= 0.3 is 12.0 Å². The first-order chi connectivity index (χ1) is 10.1. The number of nitrogens with one attached hydrogen (secondary N) is 2. The molecular weight excluding hydrogens is 274 g/mol. The van der Waals surface area contributed by atoms with Crippen molar-refractivity contribution < 1.29 is 19.4 Å². The van der Waals surface area contributed by atoms with E-state index in [1.807, 2.05) is 6.92 Å². The van der Waals surface area contributed by atoms with E-state index in [9.17, 15) is 9.59 Å². The summed E-state index contributed by atoms with van der Waals surface area (Å²) in [5, 5.41) is 14.4. The van der Waals surface area contributed by atoms with Gasteiger partial charge in [0, 0.05) is 12.1 Å². The number of ether oxygens (including phenoxy) is 1.